The van der Waals surface area contributed by atoms with Crippen molar-refractivity contribution in [2.75, 3.05) is 7.05 Å². The zero-order valence-corrected chi connectivity index (χ0v) is 14.4. The molecule has 2 aliphatic heterocycles. The molecule has 2 nitrogen and oxygen atoms in total. The molecular weight excluding hydrogens is 274 g/mol. The molecule has 1 aromatic carbocycles. The van der Waals surface area contributed by atoms with Crippen molar-refractivity contribution in [3.8, 4) is 0 Å². The molecule has 2 fully saturated rings. The van der Waals surface area contributed by atoms with Crippen LogP contribution < -0.4 is 5.19 Å². The van der Waals surface area contributed by atoms with Crippen LogP contribution in [0.4, 0.5) is 0 Å². The lowest BCUT2D eigenvalue weighted by Crippen LogP contribution is -2.49. The van der Waals surface area contributed by atoms with Crippen molar-refractivity contribution in [3.05, 3.63) is 42.1 Å². The van der Waals surface area contributed by atoms with Gasteiger partial charge in [0.2, 0.25) is 0 Å². The van der Waals surface area contributed by atoms with E-state index >= 15 is 0 Å². The van der Waals surface area contributed by atoms with Gasteiger partial charge in [0.15, 0.2) is 0 Å². The van der Waals surface area contributed by atoms with Gasteiger partial charge in [-0.2, -0.15) is 0 Å². The number of benzene rings is 1. The van der Waals surface area contributed by atoms with Crippen molar-refractivity contribution >= 4 is 13.3 Å². The molecule has 1 aromatic rings. The largest absolute Gasteiger partial charge is 0.386 e. The number of hydrogen-bond donors (Lipinski definition) is 1. The molecule has 0 radical (unpaired) electrons. The highest BCUT2D eigenvalue weighted by Crippen LogP contribution is 2.40. The molecule has 0 aromatic heterocycles. The molecule has 0 amide bonds. The van der Waals surface area contributed by atoms with E-state index in [0.717, 1.165) is 12.8 Å². The van der Waals surface area contributed by atoms with Crippen molar-refractivity contribution in [3.63, 3.8) is 0 Å². The molecule has 2 aliphatic rings. The normalized spacial score (nSPS) is 33.7. The smallest absolute Gasteiger partial charge is 0.103 e. The summed E-state index contributed by atoms with van der Waals surface area (Å²) < 4.78 is 0. The summed E-state index contributed by atoms with van der Waals surface area (Å²) in [5.41, 5.74) is 1.75. The second kappa shape index (κ2) is 5.38. The van der Waals surface area contributed by atoms with Crippen LogP contribution in [0.15, 0.2) is 42.1 Å². The summed E-state index contributed by atoms with van der Waals surface area (Å²) in [6, 6.07) is 11.9. The van der Waals surface area contributed by atoms with E-state index in [4.69, 9.17) is 0 Å². The summed E-state index contributed by atoms with van der Waals surface area (Å²) >= 11 is 0. The van der Waals surface area contributed by atoms with Gasteiger partial charge in [0.1, 0.15) is 8.07 Å². The fourth-order valence-corrected chi connectivity index (χ4v) is 5.92. The monoisotopic (exact) mass is 301 g/mol. The molecule has 0 spiro atoms. The van der Waals surface area contributed by atoms with E-state index in [9.17, 15) is 5.11 Å². The van der Waals surface area contributed by atoms with Crippen molar-refractivity contribution in [1.82, 2.24) is 4.90 Å². The Morgan fingerprint density at radius 3 is 2.29 bits per heavy atom. The molecule has 2 saturated heterocycles. The topological polar surface area (TPSA) is 23.5 Å². The summed E-state index contributed by atoms with van der Waals surface area (Å²) in [6.45, 7) is 4.71. The lowest BCUT2D eigenvalue weighted by Gasteiger charge is -2.41. The Hall–Kier alpha value is -0.903. The molecule has 0 saturated carbocycles. The maximum atomic E-state index is 11.0. The predicted molar refractivity (Wildman–Crippen MR) is 91.5 cm³/mol. The second-order valence-corrected chi connectivity index (χ2v) is 11.8. The lowest BCUT2D eigenvalue weighted by atomic mass is 9.86. The van der Waals surface area contributed by atoms with Crippen LogP contribution in [0.5, 0.6) is 0 Å². The van der Waals surface area contributed by atoms with Gasteiger partial charge in [-0.05, 0) is 32.7 Å². The van der Waals surface area contributed by atoms with Crippen LogP contribution in [0.25, 0.3) is 0 Å². The molecule has 1 N–H and O–H groups in total. The van der Waals surface area contributed by atoms with Gasteiger partial charge in [-0.25, -0.2) is 0 Å². The highest BCUT2D eigenvalue weighted by Gasteiger charge is 2.44. The third-order valence-corrected chi connectivity index (χ3v) is 8.31. The summed E-state index contributed by atoms with van der Waals surface area (Å²) in [4.78, 5) is 2.47. The van der Waals surface area contributed by atoms with Crippen LogP contribution in [-0.4, -0.2) is 42.8 Å². The Kier molecular flexibility index (Phi) is 3.85. The van der Waals surface area contributed by atoms with Crippen LogP contribution in [0.1, 0.15) is 25.7 Å². The maximum Gasteiger partial charge on any atom is 0.103 e. The van der Waals surface area contributed by atoms with Crippen molar-refractivity contribution in [1.29, 1.82) is 0 Å². The molecule has 114 valence electrons. The molecule has 21 heavy (non-hydrogen) atoms. The number of hydrogen-bond acceptors (Lipinski definition) is 2. The van der Waals surface area contributed by atoms with E-state index in [-0.39, 0.29) is 0 Å². The molecule has 2 heterocycles. The molecule has 0 aliphatic carbocycles. The van der Waals surface area contributed by atoms with Gasteiger partial charge < -0.3 is 10.0 Å². The molecular formula is C18H27NOSi. The molecule has 2 bridgehead atoms. The van der Waals surface area contributed by atoms with Gasteiger partial charge in [-0.15, -0.1) is 0 Å². The van der Waals surface area contributed by atoms with Crippen LogP contribution in [0.3, 0.4) is 0 Å². The Labute approximate surface area is 129 Å². The van der Waals surface area contributed by atoms with Crippen molar-refractivity contribution in [2.45, 2.75) is 56.5 Å². The summed E-state index contributed by atoms with van der Waals surface area (Å²) in [7, 11) is 0.611. The van der Waals surface area contributed by atoms with Crippen LogP contribution >= 0.6 is 0 Å². The van der Waals surface area contributed by atoms with Crippen LogP contribution in [0, 0.1) is 0 Å². The first-order valence-electron chi connectivity index (χ1n) is 8.10. The van der Waals surface area contributed by atoms with Gasteiger partial charge in [-0.1, -0.05) is 60.4 Å². The van der Waals surface area contributed by atoms with E-state index < -0.39 is 13.7 Å². The van der Waals surface area contributed by atoms with E-state index in [0.29, 0.717) is 12.1 Å². The zero-order valence-electron chi connectivity index (χ0n) is 13.4. The number of piperidine rings is 1. The van der Waals surface area contributed by atoms with Gasteiger partial charge in [-0.3, -0.25) is 0 Å². The van der Waals surface area contributed by atoms with Gasteiger partial charge >= 0.3 is 0 Å². The van der Waals surface area contributed by atoms with Crippen LogP contribution in [-0.2, 0) is 0 Å². The van der Waals surface area contributed by atoms with E-state index in [1.54, 1.807) is 0 Å². The number of nitrogens with zero attached hydrogens (tertiary/aromatic N) is 1. The minimum atomic E-state index is -1.61. The molecule has 3 rings (SSSR count). The van der Waals surface area contributed by atoms with E-state index in [2.05, 4.69) is 67.1 Å². The Morgan fingerprint density at radius 1 is 1.14 bits per heavy atom. The SMILES string of the molecule is CN1[C@@H]2CC[C@H]1CC(O)(/C=C/[Si](C)(C)c1ccccc1)C2. The number of fused-ring (bicyclic) bond motifs is 2. The molecule has 3 atom stereocenters. The summed E-state index contributed by atoms with van der Waals surface area (Å²) in [5.74, 6) is 0. The average Bonchev–Trinajstić information content (AvgIpc) is 2.70. The maximum absolute atomic E-state index is 11.0. The lowest BCUT2D eigenvalue weighted by molar-refractivity contribution is -0.00742. The highest BCUT2D eigenvalue weighted by molar-refractivity contribution is 6.93. The summed E-state index contributed by atoms with van der Waals surface area (Å²) in [5, 5.41) is 12.4. The zero-order chi connectivity index (χ0) is 15.1. The first kappa shape index (κ1) is 15.0. The third kappa shape index (κ3) is 3.01. The first-order valence-corrected chi connectivity index (χ1v) is 11.2. The van der Waals surface area contributed by atoms with Crippen molar-refractivity contribution in [2.24, 2.45) is 0 Å². The van der Waals surface area contributed by atoms with Gasteiger partial charge in [0.25, 0.3) is 0 Å². The van der Waals surface area contributed by atoms with Gasteiger partial charge in [0.05, 0.1) is 5.60 Å². The number of aliphatic hydroxyl groups is 1. The highest BCUT2D eigenvalue weighted by atomic mass is 28.3. The fourth-order valence-electron chi connectivity index (χ4n) is 3.95. The van der Waals surface area contributed by atoms with Crippen molar-refractivity contribution < 1.29 is 5.11 Å². The minimum Gasteiger partial charge on any atom is -0.386 e. The second-order valence-electron chi connectivity index (χ2n) is 7.48. The molecule has 1 unspecified atom stereocenters. The van der Waals surface area contributed by atoms with E-state index in [1.165, 1.54) is 18.0 Å². The Morgan fingerprint density at radius 2 is 1.71 bits per heavy atom. The van der Waals surface area contributed by atoms with Gasteiger partial charge in [0, 0.05) is 12.1 Å². The molecule has 3 heteroatoms. The Balaban J connectivity index is 1.77. The fraction of sp³-hybridized carbons (Fsp3) is 0.556. The number of rotatable bonds is 3. The average molecular weight is 302 g/mol. The third-order valence-electron chi connectivity index (χ3n) is 5.49. The Bertz CT molecular complexity index is 511. The standard InChI is InChI=1S/C18H27NOSi/c1-19-15-9-10-16(19)14-18(20,13-15)11-12-21(2,3)17-7-5-4-6-8-17/h4-8,11-12,15-16,20H,9-10,13-14H2,1-3H3/b12-11+/t15-,16+,18?. The predicted octanol–water partition coefficient (Wildman–Crippen LogP) is 2.69. The summed E-state index contributed by atoms with van der Waals surface area (Å²) in [6.07, 6.45) is 6.43. The van der Waals surface area contributed by atoms with Crippen LogP contribution in [0.2, 0.25) is 13.1 Å². The van der Waals surface area contributed by atoms with E-state index in [1.807, 2.05) is 0 Å². The quantitative estimate of drug-likeness (QED) is 0.868. The minimum absolute atomic E-state index is 0.569. The first-order chi connectivity index (χ1) is 9.90.